The second-order valence-electron chi connectivity index (χ2n) is 7.15. The lowest BCUT2D eigenvalue weighted by molar-refractivity contribution is -0.138. The van der Waals surface area contributed by atoms with E-state index in [1.807, 2.05) is 0 Å². The average molecular weight is 301 g/mol. The molecule has 1 aliphatic heterocycles. The Morgan fingerprint density at radius 2 is 1.80 bits per heavy atom. The molecule has 4 heteroatoms. The van der Waals surface area contributed by atoms with Crippen LogP contribution in [-0.2, 0) is 4.79 Å². The van der Waals surface area contributed by atoms with Crippen molar-refractivity contribution in [1.82, 2.24) is 10.2 Å². The number of hydrogen-bond acceptors (Lipinski definition) is 2. The van der Waals surface area contributed by atoms with Crippen molar-refractivity contribution in [2.24, 2.45) is 11.3 Å². The molecule has 0 aromatic heterocycles. The van der Waals surface area contributed by atoms with E-state index in [4.69, 9.17) is 0 Å². The molecule has 2 saturated carbocycles. The first-order valence-corrected chi connectivity index (χ1v) is 8.17. The van der Waals surface area contributed by atoms with Gasteiger partial charge in [-0.05, 0) is 64.5 Å². The second kappa shape index (κ2) is 6.23. The Bertz CT molecular complexity index is 346. The number of carbonyl (C=O) groups excluding carboxylic acids is 1. The highest BCUT2D eigenvalue weighted by Crippen LogP contribution is 2.59. The molecule has 1 spiro atoms. The van der Waals surface area contributed by atoms with Gasteiger partial charge in [0, 0.05) is 18.0 Å². The molecule has 0 radical (unpaired) electrons. The van der Waals surface area contributed by atoms with Gasteiger partial charge in [-0.1, -0.05) is 12.8 Å². The van der Waals surface area contributed by atoms with Gasteiger partial charge in [-0.15, -0.1) is 12.4 Å². The first-order chi connectivity index (χ1) is 9.14. The van der Waals surface area contributed by atoms with Crippen molar-refractivity contribution in [1.29, 1.82) is 0 Å². The monoisotopic (exact) mass is 300 g/mol. The molecule has 0 bridgehead atoms. The normalized spacial score (nSPS) is 28.4. The molecule has 116 valence electrons. The number of hydrogen-bond donors (Lipinski definition) is 1. The first kappa shape index (κ1) is 16.1. The minimum Gasteiger partial charge on any atom is -0.337 e. The van der Waals surface area contributed by atoms with Gasteiger partial charge >= 0.3 is 0 Å². The Balaban J connectivity index is 0.00000147. The van der Waals surface area contributed by atoms with Crippen LogP contribution in [0, 0.1) is 11.3 Å². The van der Waals surface area contributed by atoms with E-state index in [1.165, 1.54) is 38.5 Å². The van der Waals surface area contributed by atoms with Gasteiger partial charge in [0.05, 0.1) is 0 Å². The number of carbonyl (C=O) groups is 1. The number of piperidine rings is 1. The molecule has 3 rings (SSSR count). The minimum atomic E-state index is 0. The molecular formula is C16H29ClN2O. The van der Waals surface area contributed by atoms with E-state index in [0.717, 1.165) is 19.5 Å². The fourth-order valence-corrected chi connectivity index (χ4v) is 4.39. The quantitative estimate of drug-likeness (QED) is 0.869. The van der Waals surface area contributed by atoms with Crippen molar-refractivity contribution < 1.29 is 4.79 Å². The number of nitrogens with one attached hydrogen (secondary N) is 1. The highest BCUT2D eigenvalue weighted by Gasteiger charge is 2.59. The third-order valence-electron chi connectivity index (χ3n) is 5.62. The SMILES string of the molecule is CC(C)N(C(=O)C1CC12CCNCC2)C1CCCC1.Cl. The number of nitrogens with zero attached hydrogens (tertiary/aromatic N) is 1. The maximum absolute atomic E-state index is 12.9. The fraction of sp³-hybridized carbons (Fsp3) is 0.938. The molecule has 1 saturated heterocycles. The molecule has 1 heterocycles. The third kappa shape index (κ3) is 2.85. The Morgan fingerprint density at radius 1 is 1.20 bits per heavy atom. The van der Waals surface area contributed by atoms with Gasteiger partial charge in [-0.2, -0.15) is 0 Å². The van der Waals surface area contributed by atoms with Crippen molar-refractivity contribution in [3.05, 3.63) is 0 Å². The van der Waals surface area contributed by atoms with Crippen LogP contribution in [0.2, 0.25) is 0 Å². The smallest absolute Gasteiger partial charge is 0.226 e. The standard InChI is InChI=1S/C16H28N2O.ClH/c1-12(2)18(13-5-3-4-6-13)15(19)14-11-16(14)7-9-17-10-8-16;/h12-14,17H,3-11H2,1-2H3;1H. The first-order valence-electron chi connectivity index (χ1n) is 8.17. The van der Waals surface area contributed by atoms with Crippen LogP contribution in [-0.4, -0.2) is 36.0 Å². The van der Waals surface area contributed by atoms with E-state index in [-0.39, 0.29) is 12.4 Å². The van der Waals surface area contributed by atoms with Gasteiger partial charge in [0.25, 0.3) is 0 Å². The van der Waals surface area contributed by atoms with Crippen LogP contribution in [0.3, 0.4) is 0 Å². The van der Waals surface area contributed by atoms with Crippen LogP contribution in [0.15, 0.2) is 0 Å². The molecule has 20 heavy (non-hydrogen) atoms. The zero-order valence-electron chi connectivity index (χ0n) is 12.9. The zero-order chi connectivity index (χ0) is 13.5. The molecule has 3 nitrogen and oxygen atoms in total. The van der Waals surface area contributed by atoms with E-state index < -0.39 is 0 Å². The summed E-state index contributed by atoms with van der Waals surface area (Å²) in [7, 11) is 0. The fourth-order valence-electron chi connectivity index (χ4n) is 4.39. The summed E-state index contributed by atoms with van der Waals surface area (Å²) in [4.78, 5) is 15.2. The zero-order valence-corrected chi connectivity index (χ0v) is 13.7. The largest absolute Gasteiger partial charge is 0.337 e. The molecule has 0 aromatic rings. The van der Waals surface area contributed by atoms with E-state index in [2.05, 4.69) is 24.1 Å². The van der Waals surface area contributed by atoms with Gasteiger partial charge in [0.15, 0.2) is 0 Å². The van der Waals surface area contributed by atoms with Crippen molar-refractivity contribution in [3.63, 3.8) is 0 Å². The van der Waals surface area contributed by atoms with Crippen LogP contribution in [0.5, 0.6) is 0 Å². The van der Waals surface area contributed by atoms with Crippen LogP contribution in [0.4, 0.5) is 0 Å². The summed E-state index contributed by atoms with van der Waals surface area (Å²) >= 11 is 0. The van der Waals surface area contributed by atoms with Gasteiger partial charge < -0.3 is 10.2 Å². The van der Waals surface area contributed by atoms with Gasteiger partial charge in [0.2, 0.25) is 5.91 Å². The van der Waals surface area contributed by atoms with Crippen molar-refractivity contribution in [2.45, 2.75) is 70.9 Å². The summed E-state index contributed by atoms with van der Waals surface area (Å²) in [6.07, 6.45) is 8.64. The maximum atomic E-state index is 12.9. The Labute approximate surface area is 129 Å². The molecule has 2 aliphatic carbocycles. The topological polar surface area (TPSA) is 32.3 Å². The van der Waals surface area contributed by atoms with Crippen molar-refractivity contribution in [3.8, 4) is 0 Å². The van der Waals surface area contributed by atoms with Gasteiger partial charge in [-0.3, -0.25) is 4.79 Å². The van der Waals surface area contributed by atoms with Gasteiger partial charge in [0.1, 0.15) is 0 Å². The lowest BCUT2D eigenvalue weighted by Gasteiger charge is -2.34. The van der Waals surface area contributed by atoms with Crippen LogP contribution < -0.4 is 5.32 Å². The Hall–Kier alpha value is -0.280. The van der Waals surface area contributed by atoms with E-state index >= 15 is 0 Å². The van der Waals surface area contributed by atoms with Crippen LogP contribution in [0.25, 0.3) is 0 Å². The van der Waals surface area contributed by atoms with Crippen molar-refractivity contribution >= 4 is 18.3 Å². The van der Waals surface area contributed by atoms with E-state index in [1.54, 1.807) is 0 Å². The number of halogens is 1. The van der Waals surface area contributed by atoms with Crippen molar-refractivity contribution in [2.75, 3.05) is 13.1 Å². The number of amides is 1. The minimum absolute atomic E-state index is 0. The van der Waals surface area contributed by atoms with Crippen LogP contribution in [0.1, 0.15) is 58.8 Å². The molecule has 3 fully saturated rings. The summed E-state index contributed by atoms with van der Waals surface area (Å²) in [6.45, 7) is 6.59. The van der Waals surface area contributed by atoms with Crippen LogP contribution >= 0.6 is 12.4 Å². The molecule has 1 atom stereocenters. The molecule has 3 aliphatic rings. The number of rotatable bonds is 3. The summed E-state index contributed by atoms with van der Waals surface area (Å²) in [5.74, 6) is 0.821. The average Bonchev–Trinajstić information content (AvgIpc) is 2.84. The lowest BCUT2D eigenvalue weighted by Crippen LogP contribution is -2.45. The lowest BCUT2D eigenvalue weighted by atomic mass is 9.91. The molecule has 1 unspecified atom stereocenters. The third-order valence-corrected chi connectivity index (χ3v) is 5.62. The van der Waals surface area contributed by atoms with E-state index in [0.29, 0.717) is 29.3 Å². The highest BCUT2D eigenvalue weighted by molar-refractivity contribution is 5.85. The molecule has 1 amide bonds. The second-order valence-corrected chi connectivity index (χ2v) is 7.15. The maximum Gasteiger partial charge on any atom is 0.226 e. The summed E-state index contributed by atoms with van der Waals surface area (Å²) in [5, 5.41) is 3.42. The molecule has 0 aromatic carbocycles. The summed E-state index contributed by atoms with van der Waals surface area (Å²) < 4.78 is 0. The predicted octanol–water partition coefficient (Wildman–Crippen LogP) is 2.98. The molecule has 1 N–H and O–H groups in total. The Kier molecular flexibility index (Phi) is 5.01. The summed E-state index contributed by atoms with van der Waals surface area (Å²) in [5.41, 5.74) is 0.383. The van der Waals surface area contributed by atoms with Gasteiger partial charge in [-0.25, -0.2) is 0 Å². The predicted molar refractivity (Wildman–Crippen MR) is 84.1 cm³/mol. The summed E-state index contributed by atoms with van der Waals surface area (Å²) in [6, 6.07) is 0.904. The Morgan fingerprint density at radius 3 is 2.35 bits per heavy atom. The van der Waals surface area contributed by atoms with E-state index in [9.17, 15) is 4.79 Å². The molecular weight excluding hydrogens is 272 g/mol. The highest BCUT2D eigenvalue weighted by atomic mass is 35.5.